The molecule has 1 atom stereocenters. The van der Waals surface area contributed by atoms with Crippen LogP contribution in [0.3, 0.4) is 0 Å². The molecule has 0 aliphatic rings. The first-order valence-corrected chi connectivity index (χ1v) is 7.32. The van der Waals surface area contributed by atoms with Crippen LogP contribution < -0.4 is 5.32 Å². The molecule has 2 rings (SSSR count). The van der Waals surface area contributed by atoms with Gasteiger partial charge in [-0.25, -0.2) is 0 Å². The molecule has 108 valence electrons. The Hall–Kier alpha value is -1.33. The topological polar surface area (TPSA) is 12.0 Å². The van der Waals surface area contributed by atoms with Crippen molar-refractivity contribution in [1.82, 2.24) is 5.32 Å². The first-order valence-electron chi connectivity index (χ1n) is 6.44. The Kier molecular flexibility index (Phi) is 4.83. The monoisotopic (exact) mass is 299 g/mol. The molecule has 1 aromatic heterocycles. The van der Waals surface area contributed by atoms with Gasteiger partial charge in [0.2, 0.25) is 0 Å². The summed E-state index contributed by atoms with van der Waals surface area (Å²) in [5, 5.41) is 5.09. The lowest BCUT2D eigenvalue weighted by Crippen LogP contribution is -2.25. The van der Waals surface area contributed by atoms with Gasteiger partial charge in [-0.3, -0.25) is 0 Å². The number of rotatable bonds is 5. The number of alkyl halides is 3. The third-order valence-electron chi connectivity index (χ3n) is 3.08. The molecule has 1 N–H and O–H groups in total. The maximum absolute atomic E-state index is 13.1. The Bertz CT molecular complexity index is 534. The van der Waals surface area contributed by atoms with Crippen molar-refractivity contribution in [2.24, 2.45) is 0 Å². The Morgan fingerprint density at radius 1 is 1.15 bits per heavy atom. The van der Waals surface area contributed by atoms with Crippen LogP contribution in [-0.2, 0) is 12.6 Å². The Labute approximate surface area is 120 Å². The Morgan fingerprint density at radius 2 is 1.90 bits per heavy atom. The molecule has 1 nitrogen and oxygen atoms in total. The van der Waals surface area contributed by atoms with E-state index in [2.05, 4.69) is 5.32 Å². The minimum absolute atomic E-state index is 0.315. The molecule has 0 saturated heterocycles. The highest BCUT2D eigenvalue weighted by Crippen LogP contribution is 2.35. The standard InChI is InChI=1S/C15H16F3NS/c1-2-19-14(10-11-6-5-9-20-11)12-7-3-4-8-13(12)15(16,17)18/h3-9,14,19H,2,10H2,1H3. The van der Waals surface area contributed by atoms with Gasteiger partial charge in [0.05, 0.1) is 5.56 Å². The molecule has 1 aromatic carbocycles. The quantitative estimate of drug-likeness (QED) is 0.846. The third kappa shape index (κ3) is 3.61. The fourth-order valence-corrected chi connectivity index (χ4v) is 2.98. The summed E-state index contributed by atoms with van der Waals surface area (Å²) in [4.78, 5) is 1.08. The van der Waals surface area contributed by atoms with Gasteiger partial charge in [-0.2, -0.15) is 13.2 Å². The number of benzene rings is 1. The minimum atomic E-state index is -4.32. The molecule has 20 heavy (non-hydrogen) atoms. The van der Waals surface area contributed by atoms with E-state index in [0.29, 0.717) is 18.5 Å². The van der Waals surface area contributed by atoms with Gasteiger partial charge in [0.1, 0.15) is 0 Å². The zero-order valence-electron chi connectivity index (χ0n) is 11.1. The maximum atomic E-state index is 13.1. The van der Waals surface area contributed by atoms with Crippen LogP contribution in [0, 0.1) is 0 Å². The number of nitrogens with one attached hydrogen (secondary N) is 1. The lowest BCUT2D eigenvalue weighted by Gasteiger charge is -2.22. The van der Waals surface area contributed by atoms with Crippen molar-refractivity contribution in [3.63, 3.8) is 0 Å². The number of halogens is 3. The van der Waals surface area contributed by atoms with Crippen LogP contribution in [0.25, 0.3) is 0 Å². The molecular formula is C15H16F3NS. The van der Waals surface area contributed by atoms with E-state index in [4.69, 9.17) is 0 Å². The lowest BCUT2D eigenvalue weighted by atomic mass is 9.97. The van der Waals surface area contributed by atoms with E-state index in [-0.39, 0.29) is 6.04 Å². The van der Waals surface area contributed by atoms with Crippen molar-refractivity contribution in [2.75, 3.05) is 6.54 Å². The zero-order valence-corrected chi connectivity index (χ0v) is 11.9. The van der Waals surface area contributed by atoms with Gasteiger partial charge in [0, 0.05) is 17.3 Å². The number of hydrogen-bond donors (Lipinski definition) is 1. The molecule has 0 radical (unpaired) electrons. The van der Waals surface area contributed by atoms with Crippen molar-refractivity contribution in [3.05, 3.63) is 57.8 Å². The van der Waals surface area contributed by atoms with Gasteiger partial charge >= 0.3 is 6.18 Å². The highest BCUT2D eigenvalue weighted by atomic mass is 32.1. The summed E-state index contributed by atoms with van der Waals surface area (Å²) in [6.07, 6.45) is -3.75. The minimum Gasteiger partial charge on any atom is -0.310 e. The van der Waals surface area contributed by atoms with E-state index in [1.165, 1.54) is 6.07 Å². The molecule has 0 spiro atoms. The smallest absolute Gasteiger partial charge is 0.310 e. The molecule has 0 bridgehead atoms. The molecule has 0 aliphatic heterocycles. The first-order chi connectivity index (χ1) is 9.52. The van der Waals surface area contributed by atoms with E-state index in [1.54, 1.807) is 23.5 Å². The van der Waals surface area contributed by atoms with Crippen LogP contribution in [0.4, 0.5) is 13.2 Å². The van der Waals surface area contributed by atoms with Crippen LogP contribution in [0.1, 0.15) is 29.0 Å². The van der Waals surface area contributed by atoms with E-state index < -0.39 is 11.7 Å². The lowest BCUT2D eigenvalue weighted by molar-refractivity contribution is -0.138. The average Bonchev–Trinajstić information content (AvgIpc) is 2.90. The summed E-state index contributed by atoms with van der Waals surface area (Å²) in [7, 11) is 0. The van der Waals surface area contributed by atoms with Crippen LogP contribution in [-0.4, -0.2) is 6.54 Å². The SMILES string of the molecule is CCNC(Cc1cccs1)c1ccccc1C(F)(F)F. The summed E-state index contributed by atoms with van der Waals surface area (Å²) in [6, 6.07) is 9.34. The zero-order chi connectivity index (χ0) is 14.6. The Balaban J connectivity index is 2.34. The van der Waals surface area contributed by atoms with Gasteiger partial charge in [-0.05, 0) is 29.6 Å². The molecule has 0 saturated carbocycles. The van der Waals surface area contributed by atoms with Crippen LogP contribution >= 0.6 is 11.3 Å². The van der Waals surface area contributed by atoms with Crippen molar-refractivity contribution >= 4 is 11.3 Å². The molecular weight excluding hydrogens is 283 g/mol. The average molecular weight is 299 g/mol. The summed E-state index contributed by atoms with van der Waals surface area (Å²) < 4.78 is 39.3. The third-order valence-corrected chi connectivity index (χ3v) is 3.98. The van der Waals surface area contributed by atoms with Crippen molar-refractivity contribution < 1.29 is 13.2 Å². The fourth-order valence-electron chi connectivity index (χ4n) is 2.23. The number of likely N-dealkylation sites (N-methyl/N-ethyl adjacent to an activating group) is 1. The van der Waals surface area contributed by atoms with Gasteiger partial charge in [-0.1, -0.05) is 31.2 Å². The van der Waals surface area contributed by atoms with E-state index in [0.717, 1.165) is 10.9 Å². The highest BCUT2D eigenvalue weighted by Gasteiger charge is 2.34. The number of thiophene rings is 1. The second kappa shape index (κ2) is 6.41. The molecule has 2 aromatic rings. The summed E-state index contributed by atoms with van der Waals surface area (Å²) in [5.41, 5.74) is -0.238. The van der Waals surface area contributed by atoms with Crippen LogP contribution in [0.15, 0.2) is 41.8 Å². The maximum Gasteiger partial charge on any atom is 0.416 e. The molecule has 5 heteroatoms. The molecule has 0 amide bonds. The molecule has 1 heterocycles. The molecule has 1 unspecified atom stereocenters. The van der Waals surface area contributed by atoms with Crippen molar-refractivity contribution in [3.8, 4) is 0 Å². The molecule has 0 fully saturated rings. The second-order valence-corrected chi connectivity index (χ2v) is 5.51. The fraction of sp³-hybridized carbons (Fsp3) is 0.333. The van der Waals surface area contributed by atoms with E-state index >= 15 is 0 Å². The largest absolute Gasteiger partial charge is 0.416 e. The first kappa shape index (κ1) is 15.1. The van der Waals surface area contributed by atoms with Gasteiger partial charge in [0.15, 0.2) is 0 Å². The van der Waals surface area contributed by atoms with Crippen LogP contribution in [0.2, 0.25) is 0 Å². The van der Waals surface area contributed by atoms with Gasteiger partial charge < -0.3 is 5.32 Å². The van der Waals surface area contributed by atoms with Crippen LogP contribution in [0.5, 0.6) is 0 Å². The normalized spacial score (nSPS) is 13.4. The summed E-state index contributed by atoms with van der Waals surface area (Å²) in [6.45, 7) is 2.53. The highest BCUT2D eigenvalue weighted by molar-refractivity contribution is 7.09. The second-order valence-electron chi connectivity index (χ2n) is 4.48. The van der Waals surface area contributed by atoms with Crippen molar-refractivity contribution in [2.45, 2.75) is 25.6 Å². The molecule has 0 aliphatic carbocycles. The van der Waals surface area contributed by atoms with Gasteiger partial charge in [0.25, 0.3) is 0 Å². The van der Waals surface area contributed by atoms with E-state index in [9.17, 15) is 13.2 Å². The van der Waals surface area contributed by atoms with Crippen molar-refractivity contribution in [1.29, 1.82) is 0 Å². The summed E-state index contributed by atoms with van der Waals surface area (Å²) >= 11 is 1.56. The summed E-state index contributed by atoms with van der Waals surface area (Å²) in [5.74, 6) is 0. The van der Waals surface area contributed by atoms with Gasteiger partial charge in [-0.15, -0.1) is 11.3 Å². The predicted octanol–water partition coefficient (Wildman–Crippen LogP) is 4.66. The predicted molar refractivity (Wildman–Crippen MR) is 75.9 cm³/mol. The van der Waals surface area contributed by atoms with E-state index in [1.807, 2.05) is 24.4 Å². The number of hydrogen-bond acceptors (Lipinski definition) is 2. The Morgan fingerprint density at radius 3 is 2.50 bits per heavy atom.